The van der Waals surface area contributed by atoms with E-state index in [2.05, 4.69) is 20.6 Å². The van der Waals surface area contributed by atoms with Gasteiger partial charge >= 0.3 is 0 Å². The van der Waals surface area contributed by atoms with Gasteiger partial charge in [-0.25, -0.2) is 4.98 Å². The molecule has 0 radical (unpaired) electrons. The van der Waals surface area contributed by atoms with Gasteiger partial charge < -0.3 is 9.47 Å². The van der Waals surface area contributed by atoms with Crippen LogP contribution >= 0.6 is 34.4 Å². The molecule has 0 saturated heterocycles. The largest absolute Gasteiger partial charge is 0.497 e. The van der Waals surface area contributed by atoms with Gasteiger partial charge in [-0.2, -0.15) is 0 Å². The second kappa shape index (κ2) is 7.08. The van der Waals surface area contributed by atoms with Crippen LogP contribution in [0.15, 0.2) is 33.4 Å². The first-order valence-corrected chi connectivity index (χ1v) is 9.10. The lowest BCUT2D eigenvalue weighted by molar-refractivity contribution is 0.395. The third kappa shape index (κ3) is 3.40. The van der Waals surface area contributed by atoms with Crippen LogP contribution in [0.4, 0.5) is 0 Å². The topological polar surface area (TPSA) is 57.1 Å². The fraction of sp³-hybridized carbons (Fsp3) is 0.214. The first-order valence-electron chi connectivity index (χ1n) is 6.36. The molecule has 0 bridgehead atoms. The van der Waals surface area contributed by atoms with E-state index in [-0.39, 0.29) is 0 Å². The molecule has 0 amide bonds. The Balaban J connectivity index is 1.78. The zero-order valence-corrected chi connectivity index (χ0v) is 14.4. The number of rotatable bonds is 6. The van der Waals surface area contributed by atoms with E-state index in [0.717, 1.165) is 37.9 Å². The smallest absolute Gasteiger partial charge is 0.174 e. The van der Waals surface area contributed by atoms with Gasteiger partial charge in [0.1, 0.15) is 22.0 Å². The fourth-order valence-electron chi connectivity index (χ4n) is 1.83. The van der Waals surface area contributed by atoms with Crippen molar-refractivity contribution in [2.75, 3.05) is 14.2 Å². The van der Waals surface area contributed by atoms with Crippen LogP contribution in [0.25, 0.3) is 10.6 Å². The van der Waals surface area contributed by atoms with Crippen LogP contribution in [0.3, 0.4) is 0 Å². The Morgan fingerprint density at radius 2 is 2.09 bits per heavy atom. The summed E-state index contributed by atoms with van der Waals surface area (Å²) >= 11 is 4.79. The molecule has 0 atom stereocenters. The van der Waals surface area contributed by atoms with Crippen molar-refractivity contribution >= 4 is 34.4 Å². The van der Waals surface area contributed by atoms with E-state index in [1.807, 2.05) is 18.2 Å². The van der Waals surface area contributed by atoms with Crippen LogP contribution in [0, 0.1) is 0 Å². The first-order chi connectivity index (χ1) is 10.8. The molecule has 114 valence electrons. The van der Waals surface area contributed by atoms with E-state index in [0.29, 0.717) is 0 Å². The molecule has 8 heteroatoms. The zero-order valence-electron chi connectivity index (χ0n) is 12.0. The van der Waals surface area contributed by atoms with E-state index >= 15 is 0 Å². The minimum Gasteiger partial charge on any atom is -0.497 e. The van der Waals surface area contributed by atoms with Gasteiger partial charge in [-0.3, -0.25) is 0 Å². The second-order valence-electron chi connectivity index (χ2n) is 4.20. The van der Waals surface area contributed by atoms with Crippen molar-refractivity contribution in [1.29, 1.82) is 0 Å². The van der Waals surface area contributed by atoms with E-state index in [9.17, 15) is 0 Å². The van der Waals surface area contributed by atoms with Gasteiger partial charge in [-0.15, -0.1) is 21.5 Å². The lowest BCUT2D eigenvalue weighted by atomic mass is 10.2. The number of thiazole rings is 1. The Morgan fingerprint density at radius 3 is 2.82 bits per heavy atom. The standard InChI is InChI=1S/C14H13N3O2S3/c1-18-10-3-4-11(12(5-10)19-2)13-16-9(6-20-13)7-21-14-17-15-8-22-14/h3-6,8H,7H2,1-2H3. The van der Waals surface area contributed by atoms with Crippen LogP contribution in [0.5, 0.6) is 11.5 Å². The highest BCUT2D eigenvalue weighted by Crippen LogP contribution is 2.35. The molecule has 0 aliphatic rings. The number of methoxy groups -OCH3 is 2. The normalized spacial score (nSPS) is 10.6. The van der Waals surface area contributed by atoms with Crippen molar-refractivity contribution in [2.24, 2.45) is 0 Å². The summed E-state index contributed by atoms with van der Waals surface area (Å²) in [6.07, 6.45) is 0. The maximum Gasteiger partial charge on any atom is 0.174 e. The molecule has 0 saturated carbocycles. The van der Waals surface area contributed by atoms with Gasteiger partial charge in [-0.1, -0.05) is 23.1 Å². The van der Waals surface area contributed by atoms with E-state index in [1.54, 1.807) is 42.8 Å². The summed E-state index contributed by atoms with van der Waals surface area (Å²) in [4.78, 5) is 4.68. The molecule has 0 aliphatic carbocycles. The summed E-state index contributed by atoms with van der Waals surface area (Å²) in [6.45, 7) is 0. The number of hydrogen-bond acceptors (Lipinski definition) is 8. The minimum absolute atomic E-state index is 0.761. The van der Waals surface area contributed by atoms with Gasteiger partial charge in [0.05, 0.1) is 25.5 Å². The Bertz CT molecular complexity index is 744. The van der Waals surface area contributed by atoms with Gasteiger partial charge in [-0.05, 0) is 12.1 Å². The summed E-state index contributed by atoms with van der Waals surface area (Å²) in [6, 6.07) is 5.75. The van der Waals surface area contributed by atoms with E-state index < -0.39 is 0 Å². The van der Waals surface area contributed by atoms with E-state index in [4.69, 9.17) is 9.47 Å². The SMILES string of the molecule is COc1ccc(-c2nc(CSc3nncs3)cs2)c(OC)c1. The van der Waals surface area contributed by atoms with Crippen LogP contribution in [-0.2, 0) is 5.75 Å². The molecule has 3 aromatic rings. The Kier molecular flexibility index (Phi) is 4.91. The van der Waals surface area contributed by atoms with Crippen LogP contribution < -0.4 is 9.47 Å². The highest BCUT2D eigenvalue weighted by Gasteiger charge is 2.12. The van der Waals surface area contributed by atoms with Gasteiger partial charge in [0.2, 0.25) is 0 Å². The summed E-state index contributed by atoms with van der Waals surface area (Å²) in [5.41, 5.74) is 3.73. The highest BCUT2D eigenvalue weighted by atomic mass is 32.2. The number of hydrogen-bond donors (Lipinski definition) is 0. The summed E-state index contributed by atoms with van der Waals surface area (Å²) in [5, 5.41) is 10.8. The van der Waals surface area contributed by atoms with Crippen LogP contribution in [-0.4, -0.2) is 29.4 Å². The van der Waals surface area contributed by atoms with Crippen molar-refractivity contribution in [1.82, 2.24) is 15.2 Å². The number of benzene rings is 1. The maximum atomic E-state index is 5.44. The minimum atomic E-state index is 0.761. The number of nitrogens with zero attached hydrogens (tertiary/aromatic N) is 3. The molecular formula is C14H13N3O2S3. The number of thioether (sulfide) groups is 1. The Morgan fingerprint density at radius 1 is 1.18 bits per heavy atom. The van der Waals surface area contributed by atoms with Gasteiger partial charge in [0, 0.05) is 17.2 Å². The molecule has 3 rings (SSSR count). The Labute approximate surface area is 140 Å². The average Bonchev–Trinajstić information content (AvgIpc) is 3.23. The van der Waals surface area contributed by atoms with Gasteiger partial charge in [0.25, 0.3) is 0 Å². The van der Waals surface area contributed by atoms with Crippen molar-refractivity contribution in [2.45, 2.75) is 10.1 Å². The van der Waals surface area contributed by atoms with Crippen LogP contribution in [0.1, 0.15) is 5.69 Å². The second-order valence-corrected chi connectivity index (χ2v) is 7.12. The summed E-state index contributed by atoms with van der Waals surface area (Å²) in [5.74, 6) is 2.31. The van der Waals surface area contributed by atoms with Crippen molar-refractivity contribution in [3.05, 3.63) is 34.8 Å². The molecule has 0 N–H and O–H groups in total. The molecular weight excluding hydrogens is 338 g/mol. The Hall–Kier alpha value is -1.64. The monoisotopic (exact) mass is 351 g/mol. The lowest BCUT2D eigenvalue weighted by Gasteiger charge is -2.08. The van der Waals surface area contributed by atoms with Crippen molar-refractivity contribution in [3.8, 4) is 22.1 Å². The number of aromatic nitrogens is 3. The van der Waals surface area contributed by atoms with E-state index in [1.165, 1.54) is 11.3 Å². The van der Waals surface area contributed by atoms with Crippen molar-refractivity contribution in [3.63, 3.8) is 0 Å². The molecule has 1 aromatic carbocycles. The molecule has 0 spiro atoms. The third-order valence-electron chi connectivity index (χ3n) is 2.87. The lowest BCUT2D eigenvalue weighted by Crippen LogP contribution is -1.90. The summed E-state index contributed by atoms with van der Waals surface area (Å²) in [7, 11) is 3.29. The average molecular weight is 351 g/mol. The molecule has 0 fully saturated rings. The summed E-state index contributed by atoms with van der Waals surface area (Å²) < 4.78 is 11.6. The molecule has 22 heavy (non-hydrogen) atoms. The predicted octanol–water partition coefficient (Wildman–Crippen LogP) is 3.97. The zero-order chi connectivity index (χ0) is 15.4. The molecule has 5 nitrogen and oxygen atoms in total. The number of ether oxygens (including phenoxy) is 2. The maximum absolute atomic E-state index is 5.44. The predicted molar refractivity (Wildman–Crippen MR) is 90.1 cm³/mol. The molecule has 0 unspecified atom stereocenters. The molecule has 0 aliphatic heterocycles. The van der Waals surface area contributed by atoms with Gasteiger partial charge in [0.15, 0.2) is 4.34 Å². The van der Waals surface area contributed by atoms with Crippen molar-refractivity contribution < 1.29 is 9.47 Å². The van der Waals surface area contributed by atoms with Crippen LogP contribution in [0.2, 0.25) is 0 Å². The fourth-order valence-corrected chi connectivity index (χ4v) is 4.17. The third-order valence-corrected chi connectivity index (χ3v) is 5.69. The quantitative estimate of drug-likeness (QED) is 0.626. The molecule has 2 heterocycles. The highest BCUT2D eigenvalue weighted by molar-refractivity contribution is 8.00. The first kappa shape index (κ1) is 15.3. The molecule has 2 aromatic heterocycles.